The molecule has 1 aromatic carbocycles. The summed E-state index contributed by atoms with van der Waals surface area (Å²) in [5, 5.41) is 5.88. The summed E-state index contributed by atoms with van der Waals surface area (Å²) in [6.07, 6.45) is -1.09. The van der Waals surface area contributed by atoms with Gasteiger partial charge in [-0.3, -0.25) is 0 Å². The predicted octanol–water partition coefficient (Wildman–Crippen LogP) is 6.93. The maximum Gasteiger partial charge on any atom is 0.280 e. The van der Waals surface area contributed by atoms with Crippen LogP contribution < -0.4 is 4.74 Å². The van der Waals surface area contributed by atoms with Crippen molar-refractivity contribution in [2.45, 2.75) is 26.9 Å². The van der Waals surface area contributed by atoms with Gasteiger partial charge in [-0.1, -0.05) is 11.6 Å². The fourth-order valence-electron chi connectivity index (χ4n) is 3.95. The first-order chi connectivity index (χ1) is 16.9. The van der Waals surface area contributed by atoms with Crippen molar-refractivity contribution in [3.63, 3.8) is 0 Å². The molecule has 5 heterocycles. The van der Waals surface area contributed by atoms with Gasteiger partial charge in [0.1, 0.15) is 39.7 Å². The summed E-state index contributed by atoms with van der Waals surface area (Å²) in [6, 6.07) is 10.4. The number of benzene rings is 1. The molecule has 0 saturated carbocycles. The Morgan fingerprint density at radius 3 is 2.77 bits per heavy atom. The molecule has 7 nitrogen and oxygen atoms in total. The second-order valence-corrected chi connectivity index (χ2v) is 9.47. The van der Waals surface area contributed by atoms with Gasteiger partial charge in [0, 0.05) is 10.4 Å². The Kier molecular flexibility index (Phi) is 5.15. The molecule has 0 atom stereocenters. The number of nitrogens with zero attached hydrogens (tertiary/aromatic N) is 5. The standard InChI is InChI=1S/C24H16ClF2N5O2S/c1-11-7-13(25)3-5-16(11)33-9-14-4-6-17(34-14)22-30-23-20-19(28-10-32(23)31-22)18-12(2)8-15(21(26)27)29-24(18)35-20/h3-8,10,21H,9H2,1-2H3. The topological polar surface area (TPSA) is 78.3 Å². The number of rotatable bonds is 5. The van der Waals surface area contributed by atoms with E-state index in [0.29, 0.717) is 43.9 Å². The summed E-state index contributed by atoms with van der Waals surface area (Å²) >= 11 is 7.27. The van der Waals surface area contributed by atoms with E-state index in [-0.39, 0.29) is 12.3 Å². The predicted molar refractivity (Wildman–Crippen MR) is 129 cm³/mol. The Hall–Kier alpha value is -3.63. The van der Waals surface area contributed by atoms with Crippen LogP contribution in [0.3, 0.4) is 0 Å². The fraction of sp³-hybridized carbons (Fsp3) is 0.167. The van der Waals surface area contributed by atoms with Crippen LogP contribution in [0.4, 0.5) is 8.78 Å². The van der Waals surface area contributed by atoms with Crippen LogP contribution >= 0.6 is 22.9 Å². The quantitative estimate of drug-likeness (QED) is 0.249. The third kappa shape index (κ3) is 3.78. The molecule has 6 rings (SSSR count). The molecule has 35 heavy (non-hydrogen) atoms. The first kappa shape index (κ1) is 21.9. The average molecular weight is 512 g/mol. The van der Waals surface area contributed by atoms with Crippen LogP contribution in [0.1, 0.15) is 29.0 Å². The first-order valence-corrected chi connectivity index (χ1v) is 11.8. The van der Waals surface area contributed by atoms with Crippen molar-refractivity contribution in [3.05, 3.63) is 70.3 Å². The number of hydrogen-bond donors (Lipinski definition) is 0. The van der Waals surface area contributed by atoms with Crippen molar-refractivity contribution in [3.8, 4) is 17.3 Å². The van der Waals surface area contributed by atoms with Crippen LogP contribution in [0.2, 0.25) is 5.02 Å². The molecule has 0 saturated heterocycles. The number of aryl methyl sites for hydroxylation is 2. The zero-order valence-corrected chi connectivity index (χ0v) is 20.0. The van der Waals surface area contributed by atoms with E-state index in [1.165, 1.54) is 17.4 Å². The highest BCUT2D eigenvalue weighted by atomic mass is 35.5. The number of thiophene rings is 1. The molecule has 0 unspecified atom stereocenters. The average Bonchev–Trinajstić information content (AvgIpc) is 3.54. The number of fused-ring (bicyclic) bond motifs is 5. The summed E-state index contributed by atoms with van der Waals surface area (Å²) in [5.74, 6) is 2.18. The van der Waals surface area contributed by atoms with E-state index in [2.05, 4.69) is 20.1 Å². The lowest BCUT2D eigenvalue weighted by Gasteiger charge is -2.07. The summed E-state index contributed by atoms with van der Waals surface area (Å²) in [7, 11) is 0. The minimum atomic E-state index is -2.64. The highest BCUT2D eigenvalue weighted by molar-refractivity contribution is 7.26. The van der Waals surface area contributed by atoms with Crippen LogP contribution in [0, 0.1) is 13.8 Å². The monoisotopic (exact) mass is 511 g/mol. The van der Waals surface area contributed by atoms with Crippen molar-refractivity contribution in [2.24, 2.45) is 0 Å². The Bertz CT molecular complexity index is 1740. The molecular weight excluding hydrogens is 496 g/mol. The molecule has 176 valence electrons. The molecule has 0 N–H and O–H groups in total. The van der Waals surface area contributed by atoms with Gasteiger partial charge in [-0.15, -0.1) is 16.4 Å². The number of furan rings is 1. The van der Waals surface area contributed by atoms with Crippen LogP contribution in [0.25, 0.3) is 37.7 Å². The van der Waals surface area contributed by atoms with Crippen molar-refractivity contribution in [1.82, 2.24) is 24.6 Å². The maximum absolute atomic E-state index is 13.2. The van der Waals surface area contributed by atoms with E-state index in [1.54, 1.807) is 36.0 Å². The van der Waals surface area contributed by atoms with Gasteiger partial charge in [0.05, 0.1) is 5.52 Å². The van der Waals surface area contributed by atoms with E-state index in [4.69, 9.17) is 20.8 Å². The smallest absolute Gasteiger partial charge is 0.280 e. The van der Waals surface area contributed by atoms with Crippen LogP contribution in [0.5, 0.6) is 5.75 Å². The zero-order chi connectivity index (χ0) is 24.3. The molecule has 0 radical (unpaired) electrons. The number of alkyl halides is 2. The molecule has 0 spiro atoms. The third-order valence-corrected chi connectivity index (χ3v) is 6.90. The Morgan fingerprint density at radius 1 is 1.11 bits per heavy atom. The van der Waals surface area contributed by atoms with Crippen molar-refractivity contribution >= 4 is 49.0 Å². The Balaban J connectivity index is 1.35. The van der Waals surface area contributed by atoms with E-state index < -0.39 is 6.43 Å². The molecule has 0 aliphatic rings. The first-order valence-electron chi connectivity index (χ1n) is 10.6. The maximum atomic E-state index is 13.2. The molecule has 5 aromatic heterocycles. The van der Waals surface area contributed by atoms with Crippen molar-refractivity contribution < 1.29 is 17.9 Å². The molecule has 0 bridgehead atoms. The molecular formula is C24H16ClF2N5O2S. The van der Waals surface area contributed by atoms with Gasteiger partial charge in [0.25, 0.3) is 6.43 Å². The lowest BCUT2D eigenvalue weighted by molar-refractivity contribution is 0.146. The Labute approximate surface area is 206 Å². The van der Waals surface area contributed by atoms with Gasteiger partial charge in [-0.05, 0) is 61.4 Å². The van der Waals surface area contributed by atoms with Crippen LogP contribution in [-0.2, 0) is 6.61 Å². The number of halogens is 3. The summed E-state index contributed by atoms with van der Waals surface area (Å²) < 4.78 is 40.5. The lowest BCUT2D eigenvalue weighted by atomic mass is 10.1. The van der Waals surface area contributed by atoms with Crippen molar-refractivity contribution in [1.29, 1.82) is 0 Å². The van der Waals surface area contributed by atoms with E-state index in [1.807, 2.05) is 19.1 Å². The number of ether oxygens (including phenoxy) is 1. The van der Waals surface area contributed by atoms with E-state index >= 15 is 0 Å². The van der Waals surface area contributed by atoms with Gasteiger partial charge in [-0.25, -0.2) is 28.2 Å². The molecule has 0 aliphatic carbocycles. The Morgan fingerprint density at radius 2 is 1.97 bits per heavy atom. The zero-order valence-electron chi connectivity index (χ0n) is 18.4. The molecule has 0 fully saturated rings. The third-order valence-electron chi connectivity index (χ3n) is 5.60. The van der Waals surface area contributed by atoms with Gasteiger partial charge >= 0.3 is 0 Å². The van der Waals surface area contributed by atoms with Gasteiger partial charge in [0.15, 0.2) is 11.4 Å². The highest BCUT2D eigenvalue weighted by Gasteiger charge is 2.20. The van der Waals surface area contributed by atoms with Crippen LogP contribution in [-0.4, -0.2) is 24.6 Å². The van der Waals surface area contributed by atoms with E-state index in [0.717, 1.165) is 21.4 Å². The number of hydrogen-bond acceptors (Lipinski definition) is 7. The second kappa shape index (κ2) is 8.24. The molecule has 11 heteroatoms. The summed E-state index contributed by atoms with van der Waals surface area (Å²) in [4.78, 5) is 13.8. The van der Waals surface area contributed by atoms with Gasteiger partial charge in [0.2, 0.25) is 5.82 Å². The SMILES string of the molecule is Cc1cc(Cl)ccc1OCc1ccc(-c2nc3c4sc5nc(C(F)F)cc(C)c5c4ncn3n2)o1. The van der Waals surface area contributed by atoms with Crippen LogP contribution in [0.15, 0.2) is 47.1 Å². The number of aromatic nitrogens is 5. The second-order valence-electron chi connectivity index (χ2n) is 8.04. The number of pyridine rings is 1. The minimum Gasteiger partial charge on any atom is -0.485 e. The van der Waals surface area contributed by atoms with Gasteiger partial charge in [-0.2, -0.15) is 0 Å². The molecule has 0 aliphatic heterocycles. The fourth-order valence-corrected chi connectivity index (χ4v) is 5.36. The molecule has 0 amide bonds. The molecule has 6 aromatic rings. The minimum absolute atomic E-state index is 0.232. The largest absolute Gasteiger partial charge is 0.485 e. The van der Waals surface area contributed by atoms with Crippen molar-refractivity contribution in [2.75, 3.05) is 0 Å². The highest BCUT2D eigenvalue weighted by Crippen LogP contribution is 2.37. The van der Waals surface area contributed by atoms with Gasteiger partial charge < -0.3 is 9.15 Å². The summed E-state index contributed by atoms with van der Waals surface area (Å²) in [5.41, 5.74) is 2.58. The summed E-state index contributed by atoms with van der Waals surface area (Å²) in [6.45, 7) is 3.93. The van der Waals surface area contributed by atoms with E-state index in [9.17, 15) is 8.78 Å². The lowest BCUT2D eigenvalue weighted by Crippen LogP contribution is -1.95. The normalized spacial score (nSPS) is 11.9.